The van der Waals surface area contributed by atoms with Crippen molar-refractivity contribution in [2.75, 3.05) is 6.61 Å². The number of hydrogen-bond acceptors (Lipinski definition) is 7. The van der Waals surface area contributed by atoms with Crippen molar-refractivity contribution in [3.63, 3.8) is 0 Å². The summed E-state index contributed by atoms with van der Waals surface area (Å²) in [6.45, 7) is 6.90. The fourth-order valence-corrected chi connectivity index (χ4v) is 4.17. The Morgan fingerprint density at radius 3 is 2.59 bits per heavy atom. The number of fused-ring (bicyclic) bond motifs is 1. The lowest BCUT2D eigenvalue weighted by molar-refractivity contribution is -0.137. The molecule has 1 aliphatic rings. The molecule has 2 aromatic heterocycles. The molecule has 146 valence electrons. The van der Waals surface area contributed by atoms with Crippen LogP contribution in [-0.2, 0) is 29.5 Å². The Labute approximate surface area is 161 Å². The van der Waals surface area contributed by atoms with E-state index in [1.54, 1.807) is 0 Å². The molecule has 0 radical (unpaired) electrons. The molecular formula is C18H24N4O4S. The molecule has 2 aromatic rings. The van der Waals surface area contributed by atoms with Gasteiger partial charge in [-0.3, -0.25) is 18.7 Å². The molecule has 0 bridgehead atoms. The summed E-state index contributed by atoms with van der Waals surface area (Å²) >= 11 is 1.23. The van der Waals surface area contributed by atoms with Gasteiger partial charge in [-0.15, -0.1) is 0 Å². The van der Waals surface area contributed by atoms with Crippen molar-refractivity contribution in [3.8, 4) is 0 Å². The van der Waals surface area contributed by atoms with Crippen molar-refractivity contribution in [1.29, 1.82) is 0 Å². The number of esters is 1. The normalized spacial score (nSPS) is 17.1. The van der Waals surface area contributed by atoms with Crippen LogP contribution in [0.2, 0.25) is 0 Å². The zero-order valence-electron chi connectivity index (χ0n) is 16.0. The summed E-state index contributed by atoms with van der Waals surface area (Å²) in [5, 5.41) is 0.346. The summed E-state index contributed by atoms with van der Waals surface area (Å²) in [6, 6.07) is 0. The zero-order valence-corrected chi connectivity index (χ0v) is 16.8. The second kappa shape index (κ2) is 7.84. The molecule has 0 amide bonds. The van der Waals surface area contributed by atoms with Crippen molar-refractivity contribution in [3.05, 3.63) is 26.7 Å². The van der Waals surface area contributed by atoms with Gasteiger partial charge < -0.3 is 4.74 Å². The summed E-state index contributed by atoms with van der Waals surface area (Å²) < 4.78 is 7.65. The molecule has 3 heterocycles. The Kier molecular flexibility index (Phi) is 5.69. The second-order valence-corrected chi connectivity index (χ2v) is 8.29. The Morgan fingerprint density at radius 2 is 2.00 bits per heavy atom. The van der Waals surface area contributed by atoms with E-state index < -0.39 is 10.8 Å². The average molecular weight is 392 g/mol. The summed E-state index contributed by atoms with van der Waals surface area (Å²) in [4.78, 5) is 46.5. The molecule has 0 aliphatic carbocycles. The number of rotatable bonds is 6. The Hall–Kier alpha value is -2.16. The number of aromatic nitrogens is 4. The predicted octanol–water partition coefficient (Wildman–Crippen LogP) is 1.51. The molecule has 27 heavy (non-hydrogen) atoms. The number of ether oxygens (including phenoxy) is 1. The average Bonchev–Trinajstić information content (AvgIpc) is 3.00. The maximum atomic E-state index is 12.9. The van der Waals surface area contributed by atoms with Crippen molar-refractivity contribution in [1.82, 2.24) is 19.1 Å². The highest BCUT2D eigenvalue weighted by molar-refractivity contribution is 8.00. The van der Waals surface area contributed by atoms with E-state index in [0.717, 1.165) is 11.0 Å². The molecule has 1 fully saturated rings. The second-order valence-electron chi connectivity index (χ2n) is 7.10. The minimum Gasteiger partial charge on any atom is -0.465 e. The number of hydrogen-bond donors (Lipinski definition) is 0. The van der Waals surface area contributed by atoms with Crippen LogP contribution in [0.15, 0.2) is 14.6 Å². The van der Waals surface area contributed by atoms with Crippen molar-refractivity contribution >= 4 is 28.8 Å². The van der Waals surface area contributed by atoms with Crippen LogP contribution in [0.5, 0.6) is 0 Å². The molecule has 0 unspecified atom stereocenters. The summed E-state index contributed by atoms with van der Waals surface area (Å²) in [7, 11) is 1.45. The van der Waals surface area contributed by atoms with Gasteiger partial charge in [0, 0.05) is 26.4 Å². The Morgan fingerprint density at radius 1 is 1.26 bits per heavy atom. The zero-order chi connectivity index (χ0) is 19.7. The molecule has 0 saturated carbocycles. The maximum Gasteiger partial charge on any atom is 0.332 e. The quantitative estimate of drug-likeness (QED) is 0.543. The van der Waals surface area contributed by atoms with Gasteiger partial charge in [0.05, 0.1) is 6.61 Å². The van der Waals surface area contributed by atoms with E-state index in [-0.39, 0.29) is 11.7 Å². The van der Waals surface area contributed by atoms with E-state index in [1.807, 2.05) is 6.92 Å². The Balaban J connectivity index is 2.28. The molecular weight excluding hydrogens is 368 g/mol. The number of aryl methyl sites for hydroxylation is 1. The highest BCUT2D eigenvalue weighted by Gasteiger charge is 2.30. The van der Waals surface area contributed by atoms with Crippen LogP contribution in [0.3, 0.4) is 0 Å². The van der Waals surface area contributed by atoms with E-state index in [1.165, 1.54) is 23.4 Å². The van der Waals surface area contributed by atoms with Crippen molar-refractivity contribution < 1.29 is 9.53 Å². The minimum absolute atomic E-state index is 0.294. The van der Waals surface area contributed by atoms with E-state index in [4.69, 9.17) is 4.74 Å². The third kappa shape index (κ3) is 3.78. The van der Waals surface area contributed by atoms with Crippen molar-refractivity contribution in [2.24, 2.45) is 13.0 Å². The molecule has 9 heteroatoms. The first-order chi connectivity index (χ1) is 12.8. The monoisotopic (exact) mass is 392 g/mol. The summed E-state index contributed by atoms with van der Waals surface area (Å²) in [5.41, 5.74) is -0.475. The third-order valence-electron chi connectivity index (χ3n) is 4.37. The molecule has 0 spiro atoms. The van der Waals surface area contributed by atoms with E-state index in [0.29, 0.717) is 53.8 Å². The number of carbonyl (C=O) groups is 1. The SMILES string of the molecule is CCCn1c(=O)n(C)c(=O)c2c(S[C@H]3CCOC3=O)nc(CC(C)C)nc21. The largest absolute Gasteiger partial charge is 0.465 e. The minimum atomic E-state index is -0.438. The number of cyclic esters (lactones) is 1. The fourth-order valence-electron chi connectivity index (χ4n) is 3.07. The molecule has 1 aliphatic heterocycles. The van der Waals surface area contributed by atoms with Gasteiger partial charge in [0.15, 0.2) is 5.65 Å². The highest BCUT2D eigenvalue weighted by atomic mass is 32.2. The lowest BCUT2D eigenvalue weighted by Gasteiger charge is -2.15. The van der Waals surface area contributed by atoms with Crippen LogP contribution >= 0.6 is 11.8 Å². The van der Waals surface area contributed by atoms with E-state index >= 15 is 0 Å². The van der Waals surface area contributed by atoms with Gasteiger partial charge in [-0.1, -0.05) is 32.5 Å². The maximum absolute atomic E-state index is 12.9. The fraction of sp³-hybridized carbons (Fsp3) is 0.611. The van der Waals surface area contributed by atoms with Gasteiger partial charge in [0.1, 0.15) is 21.5 Å². The van der Waals surface area contributed by atoms with Crippen LogP contribution in [0.4, 0.5) is 0 Å². The highest BCUT2D eigenvalue weighted by Crippen LogP contribution is 2.31. The van der Waals surface area contributed by atoms with Crippen LogP contribution in [0, 0.1) is 5.92 Å². The van der Waals surface area contributed by atoms with Crippen molar-refractivity contribution in [2.45, 2.75) is 56.9 Å². The van der Waals surface area contributed by atoms with Gasteiger partial charge in [0.2, 0.25) is 0 Å². The van der Waals surface area contributed by atoms with E-state index in [2.05, 4.69) is 23.8 Å². The Bertz CT molecular complexity index is 995. The van der Waals surface area contributed by atoms with Gasteiger partial charge in [-0.25, -0.2) is 14.8 Å². The van der Waals surface area contributed by atoms with Crippen LogP contribution in [-0.4, -0.2) is 36.9 Å². The predicted molar refractivity (Wildman–Crippen MR) is 103 cm³/mol. The standard InChI is InChI=1S/C18H24N4O4S/c1-5-7-22-14-13(16(23)21(4)18(22)25)15(20-12(19-14)9-10(2)3)27-11-6-8-26-17(11)24/h10-11H,5-9H2,1-4H3/t11-/m0/s1. The van der Waals surface area contributed by atoms with Gasteiger partial charge in [-0.2, -0.15) is 0 Å². The number of nitrogens with zero attached hydrogens (tertiary/aromatic N) is 4. The molecule has 8 nitrogen and oxygen atoms in total. The van der Waals surface area contributed by atoms with Crippen LogP contribution < -0.4 is 11.2 Å². The first kappa shape index (κ1) is 19.6. The van der Waals surface area contributed by atoms with Gasteiger partial charge in [-0.05, 0) is 12.3 Å². The number of carbonyl (C=O) groups excluding carboxylic acids is 1. The smallest absolute Gasteiger partial charge is 0.332 e. The van der Waals surface area contributed by atoms with Crippen LogP contribution in [0.25, 0.3) is 11.0 Å². The lowest BCUT2D eigenvalue weighted by Crippen LogP contribution is -2.39. The topological polar surface area (TPSA) is 96.1 Å². The summed E-state index contributed by atoms with van der Waals surface area (Å²) in [5.74, 6) is 0.592. The van der Waals surface area contributed by atoms with Gasteiger partial charge >= 0.3 is 11.7 Å². The number of thioether (sulfide) groups is 1. The molecule has 0 N–H and O–H groups in total. The lowest BCUT2D eigenvalue weighted by atomic mass is 10.1. The molecule has 0 aromatic carbocycles. The molecule has 1 atom stereocenters. The molecule has 1 saturated heterocycles. The van der Waals surface area contributed by atoms with Crippen LogP contribution in [0.1, 0.15) is 39.4 Å². The van der Waals surface area contributed by atoms with E-state index in [9.17, 15) is 14.4 Å². The summed E-state index contributed by atoms with van der Waals surface area (Å²) in [6.07, 6.45) is 1.92. The first-order valence-electron chi connectivity index (χ1n) is 9.17. The third-order valence-corrected chi connectivity index (χ3v) is 5.61. The first-order valence-corrected chi connectivity index (χ1v) is 10.0. The van der Waals surface area contributed by atoms with Gasteiger partial charge in [0.25, 0.3) is 5.56 Å². The molecule has 3 rings (SSSR count).